The zero-order valence-corrected chi connectivity index (χ0v) is 22.5. The Morgan fingerprint density at radius 2 is 1.89 bits per heavy atom. The van der Waals surface area contributed by atoms with Crippen LogP contribution in [0, 0.1) is 5.92 Å². The zero-order chi connectivity index (χ0) is 27.2. The number of halogens is 2. The van der Waals surface area contributed by atoms with Gasteiger partial charge in [-0.05, 0) is 51.7 Å². The van der Waals surface area contributed by atoms with Crippen LogP contribution in [-0.4, -0.2) is 81.2 Å². The van der Waals surface area contributed by atoms with Crippen LogP contribution in [0.15, 0.2) is 30.5 Å². The molecule has 5 rings (SSSR count). The number of rotatable bonds is 8. The topological polar surface area (TPSA) is 116 Å². The van der Waals surface area contributed by atoms with E-state index >= 15 is 0 Å². The first kappa shape index (κ1) is 26.7. The maximum absolute atomic E-state index is 13.4. The number of nitrogens with zero attached hydrogens (tertiary/aromatic N) is 6. The number of fused-ring (bicyclic) bond motifs is 1. The molecule has 38 heavy (non-hydrogen) atoms. The maximum Gasteiger partial charge on any atom is 0.263 e. The van der Waals surface area contributed by atoms with Crippen LogP contribution >= 0.6 is 0 Å². The molecule has 4 heterocycles. The number of benzene rings is 1. The normalized spacial score (nSPS) is 18.3. The Kier molecular flexibility index (Phi) is 7.03. The molecule has 0 aliphatic carbocycles. The summed E-state index contributed by atoms with van der Waals surface area (Å²) in [5.41, 5.74) is 0.0398. The van der Waals surface area contributed by atoms with Crippen LogP contribution in [-0.2, 0) is 10.0 Å². The molecule has 2 fully saturated rings. The molecule has 2 saturated heterocycles. The van der Waals surface area contributed by atoms with E-state index in [1.807, 2.05) is 13.8 Å². The Hall–Kier alpha value is -2.90. The quantitative estimate of drug-likeness (QED) is 0.440. The lowest BCUT2D eigenvalue weighted by molar-refractivity contribution is 0.00648. The number of alkyl halides is 2. The first-order valence-corrected chi connectivity index (χ1v) is 14.4. The Morgan fingerprint density at radius 1 is 1.18 bits per heavy atom. The number of aromatic nitrogens is 4. The van der Waals surface area contributed by atoms with Crippen LogP contribution in [0.1, 0.15) is 45.6 Å². The van der Waals surface area contributed by atoms with Gasteiger partial charge in [-0.25, -0.2) is 21.9 Å². The van der Waals surface area contributed by atoms with Crippen LogP contribution in [0.3, 0.4) is 0 Å². The van der Waals surface area contributed by atoms with Crippen LogP contribution in [0.2, 0.25) is 0 Å². The predicted molar refractivity (Wildman–Crippen MR) is 141 cm³/mol. The highest BCUT2D eigenvalue weighted by Gasteiger charge is 2.36. The Balaban J connectivity index is 1.49. The van der Waals surface area contributed by atoms with Crippen molar-refractivity contribution in [2.45, 2.75) is 51.7 Å². The number of anilines is 2. The van der Waals surface area contributed by atoms with E-state index in [0.29, 0.717) is 54.7 Å². The van der Waals surface area contributed by atoms with Gasteiger partial charge in [-0.3, -0.25) is 0 Å². The van der Waals surface area contributed by atoms with Crippen molar-refractivity contribution in [3.63, 3.8) is 0 Å². The minimum absolute atomic E-state index is 0.0454. The molecule has 13 heteroatoms. The highest BCUT2D eigenvalue weighted by molar-refractivity contribution is 7.89. The summed E-state index contributed by atoms with van der Waals surface area (Å²) in [7, 11) is -3.26. The summed E-state index contributed by atoms with van der Waals surface area (Å²) in [6, 6.07) is 5.86. The van der Waals surface area contributed by atoms with Gasteiger partial charge in [0.1, 0.15) is 5.82 Å². The Morgan fingerprint density at radius 3 is 2.53 bits per heavy atom. The molecule has 3 aromatic rings. The van der Waals surface area contributed by atoms with E-state index < -0.39 is 22.0 Å². The highest BCUT2D eigenvalue weighted by atomic mass is 32.2. The van der Waals surface area contributed by atoms with Crippen molar-refractivity contribution in [2.24, 2.45) is 5.92 Å². The molecular weight excluding hydrogens is 516 g/mol. The highest BCUT2D eigenvalue weighted by Crippen LogP contribution is 2.34. The summed E-state index contributed by atoms with van der Waals surface area (Å²) < 4.78 is 54.0. The van der Waals surface area contributed by atoms with Gasteiger partial charge in [0.25, 0.3) is 6.43 Å². The van der Waals surface area contributed by atoms with Crippen molar-refractivity contribution in [1.29, 1.82) is 0 Å². The SMILES string of the molecule is CCS(=O)(=O)N1CC(Nc2nc(N3CCC(C(C)(C)O)CC3)c3cnn(-c4cccc(C(F)F)c4)c3n2)C1. The number of aliphatic hydroxyl groups is 1. The molecule has 2 N–H and O–H groups in total. The smallest absolute Gasteiger partial charge is 0.263 e. The summed E-state index contributed by atoms with van der Waals surface area (Å²) in [4.78, 5) is 11.6. The molecule has 206 valence electrons. The molecule has 1 aromatic carbocycles. The summed E-state index contributed by atoms with van der Waals surface area (Å²) in [5, 5.41) is 18.9. The standard InChI is InChI=1S/C25H33F2N7O3S/c1-4-38(36,37)33-14-18(15-33)29-24-30-22(32-10-8-17(9-11-32)25(2,3)35)20-13-28-34(23(20)31-24)19-7-5-6-16(12-19)21(26)27/h5-7,12-13,17-18,21,35H,4,8-11,14-15H2,1-3H3,(H,29,30,31). The molecule has 0 spiro atoms. The number of hydrogen-bond donors (Lipinski definition) is 2. The molecule has 0 saturated carbocycles. The van der Waals surface area contributed by atoms with Crippen LogP contribution in [0.25, 0.3) is 16.7 Å². The molecule has 2 aliphatic heterocycles. The van der Waals surface area contributed by atoms with Gasteiger partial charge < -0.3 is 15.3 Å². The van der Waals surface area contributed by atoms with E-state index in [1.54, 1.807) is 25.3 Å². The average Bonchev–Trinajstić information content (AvgIpc) is 3.29. The molecule has 0 amide bonds. The van der Waals surface area contributed by atoms with Crippen LogP contribution < -0.4 is 10.2 Å². The lowest BCUT2D eigenvalue weighted by Gasteiger charge is -2.39. The van der Waals surface area contributed by atoms with Gasteiger partial charge in [-0.2, -0.15) is 19.4 Å². The summed E-state index contributed by atoms with van der Waals surface area (Å²) in [6.07, 6.45) is 0.603. The van der Waals surface area contributed by atoms with Gasteiger partial charge in [-0.1, -0.05) is 12.1 Å². The second kappa shape index (κ2) is 10.0. The number of hydrogen-bond acceptors (Lipinski definition) is 8. The third kappa shape index (κ3) is 5.19. The number of sulfonamides is 1. The third-order valence-electron chi connectivity index (χ3n) is 7.51. The largest absolute Gasteiger partial charge is 0.390 e. The molecule has 2 aliphatic rings. The molecule has 2 aromatic heterocycles. The first-order valence-electron chi connectivity index (χ1n) is 12.8. The minimum Gasteiger partial charge on any atom is -0.390 e. The van der Waals surface area contributed by atoms with Gasteiger partial charge in [0.15, 0.2) is 5.65 Å². The monoisotopic (exact) mass is 549 g/mol. The molecule has 0 radical (unpaired) electrons. The van der Waals surface area contributed by atoms with Gasteiger partial charge in [-0.15, -0.1) is 0 Å². The maximum atomic E-state index is 13.4. The van der Waals surface area contributed by atoms with Gasteiger partial charge >= 0.3 is 0 Å². The average molecular weight is 550 g/mol. The predicted octanol–water partition coefficient (Wildman–Crippen LogP) is 3.19. The van der Waals surface area contributed by atoms with E-state index in [9.17, 15) is 22.3 Å². The van der Waals surface area contributed by atoms with Crippen molar-refractivity contribution in [2.75, 3.05) is 42.1 Å². The van der Waals surface area contributed by atoms with Gasteiger partial charge in [0, 0.05) is 31.7 Å². The fourth-order valence-electron chi connectivity index (χ4n) is 5.10. The lowest BCUT2D eigenvalue weighted by Crippen LogP contribution is -2.57. The first-order chi connectivity index (χ1) is 18.0. The van der Waals surface area contributed by atoms with Crippen molar-refractivity contribution < 1.29 is 22.3 Å². The second-order valence-corrected chi connectivity index (χ2v) is 12.8. The van der Waals surface area contributed by atoms with E-state index in [-0.39, 0.29) is 23.3 Å². The lowest BCUT2D eigenvalue weighted by atomic mass is 9.83. The molecule has 10 nitrogen and oxygen atoms in total. The van der Waals surface area contributed by atoms with E-state index in [1.165, 1.54) is 21.1 Å². The van der Waals surface area contributed by atoms with Crippen molar-refractivity contribution >= 4 is 32.8 Å². The minimum atomic E-state index is -3.26. The summed E-state index contributed by atoms with van der Waals surface area (Å²) >= 11 is 0. The Bertz CT molecular complexity index is 1410. The van der Waals surface area contributed by atoms with Gasteiger partial charge in [0.05, 0.1) is 34.7 Å². The van der Waals surface area contributed by atoms with Crippen LogP contribution in [0.4, 0.5) is 20.5 Å². The molecular formula is C25H33F2N7O3S. The summed E-state index contributed by atoms with van der Waals surface area (Å²) in [6.45, 7) is 7.27. The summed E-state index contributed by atoms with van der Waals surface area (Å²) in [5.74, 6) is 1.20. The van der Waals surface area contributed by atoms with E-state index in [4.69, 9.17) is 4.98 Å². The van der Waals surface area contributed by atoms with Crippen LogP contribution in [0.5, 0.6) is 0 Å². The number of piperidine rings is 1. The van der Waals surface area contributed by atoms with Gasteiger partial charge in [0.2, 0.25) is 16.0 Å². The molecule has 0 atom stereocenters. The van der Waals surface area contributed by atoms with Crippen molar-refractivity contribution in [3.8, 4) is 5.69 Å². The fourth-order valence-corrected chi connectivity index (χ4v) is 6.28. The van der Waals surface area contributed by atoms with E-state index in [2.05, 4.69) is 20.3 Å². The molecule has 0 unspecified atom stereocenters. The zero-order valence-electron chi connectivity index (χ0n) is 21.7. The number of nitrogens with one attached hydrogen (secondary N) is 1. The third-order valence-corrected chi connectivity index (χ3v) is 9.32. The van der Waals surface area contributed by atoms with Crippen molar-refractivity contribution in [1.82, 2.24) is 24.1 Å². The van der Waals surface area contributed by atoms with E-state index in [0.717, 1.165) is 12.8 Å². The molecule has 0 bridgehead atoms. The Labute approximate surface area is 220 Å². The second-order valence-electron chi connectivity index (χ2n) is 10.5. The fraction of sp³-hybridized carbons (Fsp3) is 0.560. The van der Waals surface area contributed by atoms with Crippen molar-refractivity contribution in [3.05, 3.63) is 36.0 Å².